The number of hydrogen-bond donors (Lipinski definition) is 2. The van der Waals surface area contributed by atoms with Crippen molar-refractivity contribution in [2.24, 2.45) is 5.41 Å². The van der Waals surface area contributed by atoms with Crippen molar-refractivity contribution in [2.75, 3.05) is 12.4 Å². The summed E-state index contributed by atoms with van der Waals surface area (Å²) in [5.41, 5.74) is 0.160. The molecule has 0 aliphatic rings. The molecule has 0 saturated carbocycles. The van der Waals surface area contributed by atoms with E-state index in [1.807, 2.05) is 0 Å². The molecule has 0 fully saturated rings. The highest BCUT2D eigenvalue weighted by Crippen LogP contribution is 2.23. The Morgan fingerprint density at radius 2 is 1.84 bits per heavy atom. The zero-order valence-electron chi connectivity index (χ0n) is 14.4. The zero-order chi connectivity index (χ0) is 18.7. The lowest BCUT2D eigenvalue weighted by Crippen LogP contribution is -2.27. The molecule has 8 nitrogen and oxygen atoms in total. The van der Waals surface area contributed by atoms with E-state index < -0.39 is 15.4 Å². The molecule has 0 aliphatic heterocycles. The van der Waals surface area contributed by atoms with Gasteiger partial charge in [-0.1, -0.05) is 44.2 Å². The largest absolute Gasteiger partial charge is 0.497 e. The number of anilines is 1. The normalized spacial score (nSPS) is 12.0. The van der Waals surface area contributed by atoms with Crippen molar-refractivity contribution < 1.29 is 17.9 Å². The van der Waals surface area contributed by atoms with E-state index in [2.05, 4.69) is 20.2 Å². The van der Waals surface area contributed by atoms with E-state index in [4.69, 9.17) is 4.74 Å². The molecular formula is C15H20N4O4S2. The Hall–Kier alpha value is -2.04. The van der Waals surface area contributed by atoms with Crippen molar-refractivity contribution in [1.29, 1.82) is 0 Å². The van der Waals surface area contributed by atoms with Crippen LogP contribution >= 0.6 is 11.3 Å². The number of nitrogens with zero attached hydrogens (tertiary/aromatic N) is 2. The molecule has 1 aromatic heterocycles. The van der Waals surface area contributed by atoms with Crippen LogP contribution in [-0.2, 0) is 21.4 Å². The molecule has 2 rings (SSSR count). The molecule has 0 bridgehead atoms. The first kappa shape index (κ1) is 19.3. The maximum absolute atomic E-state index is 12.3. The van der Waals surface area contributed by atoms with Gasteiger partial charge >= 0.3 is 0 Å². The molecule has 1 aromatic carbocycles. The van der Waals surface area contributed by atoms with E-state index in [1.54, 1.807) is 52.1 Å². The predicted molar refractivity (Wildman–Crippen MR) is 95.0 cm³/mol. The summed E-state index contributed by atoms with van der Waals surface area (Å²) >= 11 is 0.801. The molecule has 0 saturated heterocycles. The maximum Gasteiger partial charge on any atom is 0.270 e. The van der Waals surface area contributed by atoms with Gasteiger partial charge in [0.05, 0.1) is 7.11 Å². The van der Waals surface area contributed by atoms with Gasteiger partial charge in [0.2, 0.25) is 15.4 Å². The second-order valence-electron chi connectivity index (χ2n) is 6.25. The van der Waals surface area contributed by atoms with Crippen molar-refractivity contribution in [3.63, 3.8) is 0 Å². The number of hydrogen-bond acceptors (Lipinski definition) is 7. The lowest BCUT2D eigenvalue weighted by molar-refractivity contribution is -0.123. The Balaban J connectivity index is 2.03. The predicted octanol–water partition coefficient (Wildman–Crippen LogP) is 2.01. The Bertz CT molecular complexity index is 839. The van der Waals surface area contributed by atoms with Gasteiger partial charge in [0, 0.05) is 12.0 Å². The third kappa shape index (κ3) is 5.21. The van der Waals surface area contributed by atoms with Gasteiger partial charge in [-0.05, 0) is 17.7 Å². The topological polar surface area (TPSA) is 110 Å². The van der Waals surface area contributed by atoms with Gasteiger partial charge in [-0.3, -0.25) is 4.79 Å². The molecule has 0 aliphatic carbocycles. The third-order valence-electron chi connectivity index (χ3n) is 3.16. The molecule has 0 radical (unpaired) electrons. The van der Waals surface area contributed by atoms with Gasteiger partial charge in [0.25, 0.3) is 10.0 Å². The lowest BCUT2D eigenvalue weighted by Gasteiger charge is -2.15. The summed E-state index contributed by atoms with van der Waals surface area (Å²) < 4.78 is 31.9. The fourth-order valence-corrected chi connectivity index (χ4v) is 3.59. The second kappa shape index (κ2) is 7.46. The molecule has 0 atom stereocenters. The number of amides is 1. The quantitative estimate of drug-likeness (QED) is 0.737. The number of carbonyl (C=O) groups excluding carboxylic acids is 1. The van der Waals surface area contributed by atoms with E-state index >= 15 is 0 Å². The molecular weight excluding hydrogens is 364 g/mol. The number of methoxy groups -OCH3 is 1. The van der Waals surface area contributed by atoms with Crippen LogP contribution in [0.4, 0.5) is 5.13 Å². The number of ether oxygens (including phenoxy) is 1. The minimum atomic E-state index is -3.81. The number of sulfonamides is 1. The van der Waals surface area contributed by atoms with Crippen LogP contribution in [0.3, 0.4) is 0 Å². The van der Waals surface area contributed by atoms with Crippen LogP contribution in [0.1, 0.15) is 26.3 Å². The summed E-state index contributed by atoms with van der Waals surface area (Å²) in [6, 6.07) is 7.01. The number of rotatable bonds is 6. The van der Waals surface area contributed by atoms with E-state index in [0.717, 1.165) is 16.9 Å². The minimum absolute atomic E-state index is 0.107. The monoisotopic (exact) mass is 384 g/mol. The number of benzene rings is 1. The van der Waals surface area contributed by atoms with Crippen molar-refractivity contribution in [3.05, 3.63) is 29.8 Å². The zero-order valence-corrected chi connectivity index (χ0v) is 16.0. The highest BCUT2D eigenvalue weighted by molar-refractivity contribution is 7.91. The fraction of sp³-hybridized carbons (Fsp3) is 0.400. The van der Waals surface area contributed by atoms with Gasteiger partial charge < -0.3 is 10.1 Å². The summed E-state index contributed by atoms with van der Waals surface area (Å²) in [6.45, 7) is 5.35. The molecule has 0 unspecified atom stereocenters. The maximum atomic E-state index is 12.3. The molecule has 2 aromatic rings. The van der Waals surface area contributed by atoms with Crippen molar-refractivity contribution in [2.45, 2.75) is 31.7 Å². The summed E-state index contributed by atoms with van der Waals surface area (Å²) in [5.74, 6) is 0.425. The Labute approximate surface area is 150 Å². The SMILES string of the molecule is COc1ccc(CNS(=O)(=O)c2nnc(NC(=O)C(C)(C)C)s2)cc1. The van der Waals surface area contributed by atoms with Crippen LogP contribution in [-0.4, -0.2) is 31.6 Å². The van der Waals surface area contributed by atoms with Crippen LogP contribution in [0.25, 0.3) is 0 Å². The highest BCUT2D eigenvalue weighted by Gasteiger charge is 2.25. The highest BCUT2D eigenvalue weighted by atomic mass is 32.2. The minimum Gasteiger partial charge on any atom is -0.497 e. The molecule has 25 heavy (non-hydrogen) atoms. The van der Waals surface area contributed by atoms with E-state index in [0.29, 0.717) is 5.75 Å². The molecule has 1 amide bonds. The summed E-state index contributed by atoms with van der Waals surface area (Å²) in [6.07, 6.45) is 0. The smallest absolute Gasteiger partial charge is 0.270 e. The fourth-order valence-electron chi connectivity index (χ4n) is 1.64. The van der Waals surface area contributed by atoms with Crippen LogP contribution in [0.15, 0.2) is 28.6 Å². The average Bonchev–Trinajstić information content (AvgIpc) is 3.02. The summed E-state index contributed by atoms with van der Waals surface area (Å²) in [5, 5.41) is 10.1. The second-order valence-corrected chi connectivity index (χ2v) is 9.17. The van der Waals surface area contributed by atoms with Crippen molar-refractivity contribution >= 4 is 32.4 Å². The third-order valence-corrected chi connectivity index (χ3v) is 5.77. The Morgan fingerprint density at radius 3 is 2.40 bits per heavy atom. The first-order chi connectivity index (χ1) is 11.6. The van der Waals surface area contributed by atoms with Gasteiger partial charge in [-0.25, -0.2) is 13.1 Å². The molecule has 1 heterocycles. The van der Waals surface area contributed by atoms with Gasteiger partial charge in [-0.2, -0.15) is 0 Å². The van der Waals surface area contributed by atoms with Gasteiger partial charge in [0.1, 0.15) is 5.75 Å². The first-order valence-corrected chi connectivity index (χ1v) is 9.69. The van der Waals surface area contributed by atoms with E-state index in [9.17, 15) is 13.2 Å². The van der Waals surface area contributed by atoms with Gasteiger partial charge in [0.15, 0.2) is 0 Å². The Kier molecular flexibility index (Phi) is 5.76. The molecule has 136 valence electrons. The Morgan fingerprint density at radius 1 is 1.20 bits per heavy atom. The van der Waals surface area contributed by atoms with Crippen molar-refractivity contribution in [3.8, 4) is 5.75 Å². The molecule has 0 spiro atoms. The first-order valence-electron chi connectivity index (χ1n) is 7.39. The molecule has 10 heteroatoms. The summed E-state index contributed by atoms with van der Waals surface area (Å²) in [4.78, 5) is 11.9. The lowest BCUT2D eigenvalue weighted by atomic mass is 9.96. The number of aromatic nitrogens is 2. The van der Waals surface area contributed by atoms with Crippen LogP contribution in [0, 0.1) is 5.41 Å². The van der Waals surface area contributed by atoms with E-state index in [-0.39, 0.29) is 21.9 Å². The van der Waals surface area contributed by atoms with Crippen LogP contribution < -0.4 is 14.8 Å². The van der Waals surface area contributed by atoms with Crippen LogP contribution in [0.2, 0.25) is 0 Å². The number of nitrogens with one attached hydrogen (secondary N) is 2. The van der Waals surface area contributed by atoms with Gasteiger partial charge in [-0.15, -0.1) is 10.2 Å². The van der Waals surface area contributed by atoms with Crippen molar-refractivity contribution in [1.82, 2.24) is 14.9 Å². The number of carbonyl (C=O) groups is 1. The van der Waals surface area contributed by atoms with Crippen LogP contribution in [0.5, 0.6) is 5.75 Å². The summed E-state index contributed by atoms with van der Waals surface area (Å²) in [7, 11) is -2.25. The average molecular weight is 384 g/mol. The molecule has 2 N–H and O–H groups in total. The standard InChI is InChI=1S/C15H20N4O4S2/c1-15(2,3)12(20)17-13-18-19-14(24-13)25(21,22)16-9-10-5-7-11(23-4)8-6-10/h5-8,16H,9H2,1-4H3,(H,17,18,20). The van der Waals surface area contributed by atoms with E-state index in [1.165, 1.54) is 0 Å².